The van der Waals surface area contributed by atoms with Gasteiger partial charge in [0.15, 0.2) is 11.5 Å². The van der Waals surface area contributed by atoms with Crippen LogP contribution in [0.3, 0.4) is 0 Å². The second kappa shape index (κ2) is 8.60. The van der Waals surface area contributed by atoms with Crippen LogP contribution in [0, 0.1) is 6.92 Å². The maximum Gasteiger partial charge on any atom is 0.285 e. The molecule has 0 spiro atoms. The number of piperidine rings is 1. The van der Waals surface area contributed by atoms with Gasteiger partial charge in [-0.05, 0) is 31.5 Å². The van der Waals surface area contributed by atoms with Gasteiger partial charge in [-0.2, -0.15) is 4.98 Å². The number of carbonyl (C=O) groups excluding carboxylic acids is 1. The largest absolute Gasteiger partial charge is 0.382 e. The molecular weight excluding hydrogens is 482 g/mol. The number of amides is 1. The van der Waals surface area contributed by atoms with E-state index in [1.54, 1.807) is 31.3 Å². The zero-order chi connectivity index (χ0) is 25.8. The molecule has 0 saturated carbocycles. The maximum atomic E-state index is 14.6. The highest BCUT2D eigenvalue weighted by molar-refractivity contribution is 5.88. The highest BCUT2D eigenvalue weighted by atomic mass is 19.3. The first kappa shape index (κ1) is 23.8. The lowest BCUT2D eigenvalue weighted by Gasteiger charge is -2.38. The number of imidazole rings is 1. The number of aromatic nitrogens is 6. The van der Waals surface area contributed by atoms with Crippen LogP contribution in [-0.4, -0.2) is 71.4 Å². The number of aryl methyl sites for hydroxylation is 1. The summed E-state index contributed by atoms with van der Waals surface area (Å²) in [6.07, 6.45) is -0.975. The van der Waals surface area contributed by atoms with Gasteiger partial charge in [0.25, 0.3) is 12.3 Å². The molecular formula is C22H23F4N9O. The Kier molecular flexibility index (Phi) is 5.68. The summed E-state index contributed by atoms with van der Waals surface area (Å²) < 4.78 is 58.1. The van der Waals surface area contributed by atoms with Gasteiger partial charge in [-0.15, -0.1) is 5.10 Å². The Morgan fingerprint density at radius 1 is 1.25 bits per heavy atom. The van der Waals surface area contributed by atoms with Crippen molar-refractivity contribution in [2.45, 2.75) is 45.2 Å². The summed E-state index contributed by atoms with van der Waals surface area (Å²) in [5.41, 5.74) is 8.36. The van der Waals surface area contributed by atoms with Crippen molar-refractivity contribution in [3.63, 3.8) is 0 Å². The highest BCUT2D eigenvalue weighted by Crippen LogP contribution is 2.32. The van der Waals surface area contributed by atoms with Gasteiger partial charge in [0.05, 0.1) is 24.8 Å². The number of likely N-dealkylation sites (tertiary alicyclic amines) is 1. The number of hydrogen-bond acceptors (Lipinski definition) is 7. The lowest BCUT2D eigenvalue weighted by Crippen LogP contribution is -2.55. The topological polar surface area (TPSA) is 119 Å². The normalized spacial score (nSPS) is 17.9. The van der Waals surface area contributed by atoms with Crippen LogP contribution >= 0.6 is 0 Å². The van der Waals surface area contributed by atoms with E-state index in [9.17, 15) is 22.4 Å². The SMILES string of the molecule is CC(=O)N1CC[C@@H](Nc2nc(N)c3c(-c4ccc5nc(C)n(CC(F)F)c5n4)ccn3n2)C(F)(F)C1. The molecule has 1 atom stereocenters. The number of fused-ring (bicyclic) bond motifs is 2. The number of hydrogen-bond donors (Lipinski definition) is 2. The molecule has 0 bridgehead atoms. The van der Waals surface area contributed by atoms with Crippen molar-refractivity contribution in [1.29, 1.82) is 0 Å². The first-order chi connectivity index (χ1) is 17.0. The average molecular weight is 505 g/mol. The fraction of sp³-hybridized carbons (Fsp3) is 0.409. The van der Waals surface area contributed by atoms with Gasteiger partial charge < -0.3 is 20.5 Å². The Labute approximate surface area is 202 Å². The molecule has 1 fully saturated rings. The molecule has 36 heavy (non-hydrogen) atoms. The Hall–Kier alpha value is -3.97. The summed E-state index contributed by atoms with van der Waals surface area (Å²) in [5.74, 6) is -3.24. The quantitative estimate of drug-likeness (QED) is 0.400. The van der Waals surface area contributed by atoms with Crippen LogP contribution in [0.15, 0.2) is 24.4 Å². The van der Waals surface area contributed by atoms with Crippen molar-refractivity contribution in [2.75, 3.05) is 24.1 Å². The number of anilines is 2. The summed E-state index contributed by atoms with van der Waals surface area (Å²) >= 11 is 0. The van der Waals surface area contributed by atoms with Crippen LogP contribution in [0.1, 0.15) is 19.2 Å². The lowest BCUT2D eigenvalue weighted by atomic mass is 10.0. The lowest BCUT2D eigenvalue weighted by molar-refractivity contribution is -0.140. The second-order valence-corrected chi connectivity index (χ2v) is 8.73. The fourth-order valence-electron chi connectivity index (χ4n) is 4.48. The smallest absolute Gasteiger partial charge is 0.285 e. The molecule has 0 aromatic carbocycles. The van der Waals surface area contributed by atoms with Crippen LogP contribution in [0.4, 0.5) is 29.3 Å². The van der Waals surface area contributed by atoms with E-state index in [1.807, 2.05) is 0 Å². The van der Waals surface area contributed by atoms with Crippen LogP contribution in [0.5, 0.6) is 0 Å². The van der Waals surface area contributed by atoms with Crippen molar-refractivity contribution < 1.29 is 22.4 Å². The van der Waals surface area contributed by atoms with E-state index in [-0.39, 0.29) is 24.7 Å². The molecule has 5 heterocycles. The molecule has 190 valence electrons. The number of pyridine rings is 1. The monoisotopic (exact) mass is 505 g/mol. The molecule has 0 aliphatic carbocycles. The van der Waals surface area contributed by atoms with E-state index in [1.165, 1.54) is 16.0 Å². The number of nitrogen functional groups attached to an aromatic ring is 1. The van der Waals surface area contributed by atoms with Gasteiger partial charge in [0.1, 0.15) is 16.9 Å². The van der Waals surface area contributed by atoms with Gasteiger partial charge in [-0.25, -0.2) is 32.0 Å². The summed E-state index contributed by atoms with van der Waals surface area (Å²) in [4.78, 5) is 25.6. The van der Waals surface area contributed by atoms with Gasteiger partial charge >= 0.3 is 0 Å². The first-order valence-electron chi connectivity index (χ1n) is 11.2. The van der Waals surface area contributed by atoms with Crippen LogP contribution in [0.25, 0.3) is 27.9 Å². The van der Waals surface area contributed by atoms with Gasteiger partial charge in [-0.1, -0.05) is 0 Å². The predicted molar refractivity (Wildman–Crippen MR) is 124 cm³/mol. The van der Waals surface area contributed by atoms with E-state index >= 15 is 0 Å². The van der Waals surface area contributed by atoms with Crippen molar-refractivity contribution in [1.82, 2.24) is 34.0 Å². The van der Waals surface area contributed by atoms with E-state index < -0.39 is 37.4 Å². The van der Waals surface area contributed by atoms with E-state index in [4.69, 9.17) is 5.73 Å². The molecule has 5 rings (SSSR count). The zero-order valence-corrected chi connectivity index (χ0v) is 19.4. The first-order valence-corrected chi connectivity index (χ1v) is 11.2. The maximum absolute atomic E-state index is 14.6. The molecule has 14 heteroatoms. The van der Waals surface area contributed by atoms with Crippen LogP contribution in [0.2, 0.25) is 0 Å². The summed E-state index contributed by atoms with van der Waals surface area (Å²) in [7, 11) is 0. The van der Waals surface area contributed by atoms with Crippen molar-refractivity contribution >= 4 is 34.4 Å². The molecule has 1 aliphatic heterocycles. The number of carbonyl (C=O) groups is 1. The van der Waals surface area contributed by atoms with Gasteiger partial charge in [0.2, 0.25) is 11.9 Å². The van der Waals surface area contributed by atoms with Crippen LogP contribution < -0.4 is 11.1 Å². The molecule has 1 aliphatic rings. The molecule has 0 unspecified atom stereocenters. The molecule has 10 nitrogen and oxygen atoms in total. The molecule has 0 radical (unpaired) electrons. The van der Waals surface area contributed by atoms with Gasteiger partial charge in [-0.3, -0.25) is 4.79 Å². The number of rotatable bonds is 5. The minimum atomic E-state index is -3.18. The average Bonchev–Trinajstić information content (AvgIpc) is 3.35. The summed E-state index contributed by atoms with van der Waals surface area (Å²) in [6, 6.07) is 3.77. The minimum Gasteiger partial charge on any atom is -0.382 e. The number of nitrogens with zero attached hydrogens (tertiary/aromatic N) is 7. The van der Waals surface area contributed by atoms with Crippen LogP contribution in [-0.2, 0) is 11.3 Å². The molecule has 1 amide bonds. The van der Waals surface area contributed by atoms with E-state index in [2.05, 4.69) is 25.4 Å². The Morgan fingerprint density at radius 2 is 2.03 bits per heavy atom. The third-order valence-corrected chi connectivity index (χ3v) is 6.27. The second-order valence-electron chi connectivity index (χ2n) is 8.73. The molecule has 3 N–H and O–H groups in total. The van der Waals surface area contributed by atoms with Gasteiger partial charge in [0, 0.05) is 25.2 Å². The van der Waals surface area contributed by atoms with Crippen molar-refractivity contribution in [3.05, 3.63) is 30.2 Å². The Balaban J connectivity index is 1.47. The highest BCUT2D eigenvalue weighted by Gasteiger charge is 2.45. The summed E-state index contributed by atoms with van der Waals surface area (Å²) in [5, 5.41) is 6.93. The Bertz CT molecular complexity index is 1470. The predicted octanol–water partition coefficient (Wildman–Crippen LogP) is 2.96. The fourth-order valence-corrected chi connectivity index (χ4v) is 4.48. The number of alkyl halides is 4. The van der Waals surface area contributed by atoms with Crippen molar-refractivity contribution in [2.24, 2.45) is 0 Å². The molecule has 1 saturated heterocycles. The minimum absolute atomic E-state index is 0.0143. The number of nitrogens with one attached hydrogen (secondary N) is 1. The van der Waals surface area contributed by atoms with E-state index in [0.29, 0.717) is 33.8 Å². The zero-order valence-electron chi connectivity index (χ0n) is 19.4. The third-order valence-electron chi connectivity index (χ3n) is 6.27. The Morgan fingerprint density at radius 3 is 2.72 bits per heavy atom. The molecule has 4 aromatic rings. The van der Waals surface area contributed by atoms with Crippen molar-refractivity contribution in [3.8, 4) is 11.3 Å². The summed E-state index contributed by atoms with van der Waals surface area (Å²) in [6.45, 7) is 1.84. The number of halogens is 4. The number of nitrogens with two attached hydrogens (primary N) is 1. The van der Waals surface area contributed by atoms with E-state index in [0.717, 1.165) is 4.90 Å². The standard InChI is InChI=1S/C22H23F4N9O/c1-11-28-15-4-3-14(29-20(15)34(11)9-17(23)24)13-5-8-35-18(13)19(27)31-21(32-35)30-16-6-7-33(12(2)36)10-22(16,25)26/h3-5,8,16-17H,6-7,9-10H2,1-2H3,(H3,27,30,31,32)/t16-/m1/s1. The molecule has 4 aromatic heterocycles. The third kappa shape index (κ3) is 4.16.